The van der Waals surface area contributed by atoms with E-state index in [1.807, 2.05) is 12.1 Å². The molecule has 1 N–H and O–H groups in total. The van der Waals surface area contributed by atoms with Crippen molar-refractivity contribution in [2.24, 2.45) is 0 Å². The Bertz CT molecular complexity index is 691. The van der Waals surface area contributed by atoms with Gasteiger partial charge in [-0.2, -0.15) is 0 Å². The van der Waals surface area contributed by atoms with Gasteiger partial charge in [0.2, 0.25) is 4.87 Å². The monoisotopic (exact) mass is 345 g/mol. The van der Waals surface area contributed by atoms with Gasteiger partial charge in [0.05, 0.1) is 0 Å². The van der Waals surface area contributed by atoms with Crippen molar-refractivity contribution in [1.29, 1.82) is 0 Å². The predicted octanol–water partition coefficient (Wildman–Crippen LogP) is 3.13. The highest BCUT2D eigenvalue weighted by atomic mass is 32.2. The zero-order chi connectivity index (χ0) is 16.7. The average Bonchev–Trinajstić information content (AvgIpc) is 2.61. The topological polar surface area (TPSA) is 55.4 Å². The standard InChI is InChI=1S/C17H15NO3S2/c1-23-17(16(20)21-12-22,14-10-6-3-7-11-14)18-15(19)13-8-4-2-5-9-13/h2-12H,1H3,(H,18,19). The molecule has 0 spiro atoms. The van der Waals surface area contributed by atoms with Crippen LogP contribution in [-0.2, 0) is 14.4 Å². The van der Waals surface area contributed by atoms with E-state index in [1.54, 1.807) is 54.8 Å². The number of thiocarbonyl (C=S) groups is 1. The average molecular weight is 345 g/mol. The molecule has 118 valence electrons. The minimum atomic E-state index is -1.37. The smallest absolute Gasteiger partial charge is 0.352 e. The molecule has 23 heavy (non-hydrogen) atoms. The molecule has 0 aliphatic rings. The summed E-state index contributed by atoms with van der Waals surface area (Å²) in [7, 11) is 0. The number of thioether (sulfide) groups is 1. The van der Waals surface area contributed by atoms with E-state index in [0.29, 0.717) is 11.1 Å². The maximum atomic E-state index is 12.5. The molecule has 0 saturated carbocycles. The third-order valence-corrected chi connectivity index (χ3v) is 4.47. The van der Waals surface area contributed by atoms with Gasteiger partial charge in [-0.15, -0.1) is 11.8 Å². The van der Waals surface area contributed by atoms with Crippen molar-refractivity contribution in [3.8, 4) is 0 Å². The molecule has 2 aromatic rings. The fraction of sp³-hybridized carbons (Fsp3) is 0.118. The first kappa shape index (κ1) is 17.2. The second kappa shape index (κ2) is 7.89. The number of carbonyl (C=O) groups excluding carboxylic acids is 2. The van der Waals surface area contributed by atoms with Crippen molar-refractivity contribution < 1.29 is 14.3 Å². The lowest BCUT2D eigenvalue weighted by molar-refractivity contribution is -0.138. The molecule has 0 aliphatic carbocycles. The first-order valence-electron chi connectivity index (χ1n) is 6.77. The van der Waals surface area contributed by atoms with Crippen LogP contribution in [-0.4, -0.2) is 23.7 Å². The Morgan fingerprint density at radius 1 is 1.09 bits per heavy atom. The van der Waals surface area contributed by atoms with Gasteiger partial charge in [0.1, 0.15) is 0 Å². The quantitative estimate of drug-likeness (QED) is 0.495. The van der Waals surface area contributed by atoms with Gasteiger partial charge in [-0.1, -0.05) is 48.5 Å². The number of rotatable bonds is 6. The summed E-state index contributed by atoms with van der Waals surface area (Å²) >= 11 is 5.78. The minimum Gasteiger partial charge on any atom is -0.420 e. The first-order valence-corrected chi connectivity index (χ1v) is 8.46. The van der Waals surface area contributed by atoms with Crippen LogP contribution in [0, 0.1) is 0 Å². The van der Waals surface area contributed by atoms with Gasteiger partial charge in [0, 0.05) is 5.56 Å². The largest absolute Gasteiger partial charge is 0.420 e. The van der Waals surface area contributed by atoms with E-state index in [0.717, 1.165) is 5.55 Å². The fourth-order valence-electron chi connectivity index (χ4n) is 2.11. The maximum Gasteiger partial charge on any atom is 0.352 e. The van der Waals surface area contributed by atoms with Gasteiger partial charge >= 0.3 is 5.97 Å². The number of benzene rings is 2. The fourth-order valence-corrected chi connectivity index (χ4v) is 2.98. The molecule has 0 aromatic heterocycles. The second-order valence-corrected chi connectivity index (χ2v) is 5.79. The molecule has 0 saturated heterocycles. The second-order valence-electron chi connectivity index (χ2n) is 4.57. The third kappa shape index (κ3) is 3.78. The molecule has 0 fully saturated rings. The molecule has 0 bridgehead atoms. The summed E-state index contributed by atoms with van der Waals surface area (Å²) in [6.45, 7) is 0. The molecular formula is C17H15NO3S2. The summed E-state index contributed by atoms with van der Waals surface area (Å²) in [6.07, 6.45) is 1.73. The summed E-state index contributed by atoms with van der Waals surface area (Å²) in [4.78, 5) is 23.7. The number of amides is 1. The Labute approximate surface area is 144 Å². The van der Waals surface area contributed by atoms with E-state index in [-0.39, 0.29) is 5.91 Å². The van der Waals surface area contributed by atoms with Gasteiger partial charge in [-0.3, -0.25) is 4.79 Å². The SMILES string of the molecule is CSC(NC(=O)c1ccccc1)(C(=O)OC=S)c1ccccc1. The molecule has 1 unspecified atom stereocenters. The lowest BCUT2D eigenvalue weighted by Gasteiger charge is -2.30. The Hall–Kier alpha value is -2.18. The zero-order valence-electron chi connectivity index (χ0n) is 12.4. The van der Waals surface area contributed by atoms with Crippen LogP contribution >= 0.6 is 24.0 Å². The predicted molar refractivity (Wildman–Crippen MR) is 95.3 cm³/mol. The van der Waals surface area contributed by atoms with Gasteiger partial charge in [0.25, 0.3) is 5.91 Å². The molecule has 2 aromatic carbocycles. The highest BCUT2D eigenvalue weighted by Crippen LogP contribution is 2.33. The highest BCUT2D eigenvalue weighted by Gasteiger charge is 2.43. The molecule has 0 radical (unpaired) electrons. The first-order chi connectivity index (χ1) is 11.1. The Morgan fingerprint density at radius 3 is 2.17 bits per heavy atom. The molecule has 0 aliphatic heterocycles. The summed E-state index contributed by atoms with van der Waals surface area (Å²) < 4.78 is 4.90. The number of carbonyl (C=O) groups is 2. The van der Waals surface area contributed by atoms with Crippen LogP contribution in [0.15, 0.2) is 60.7 Å². The molecule has 1 atom stereocenters. The third-order valence-electron chi connectivity index (χ3n) is 3.25. The Kier molecular flexibility index (Phi) is 5.90. The van der Waals surface area contributed by atoms with Crippen LogP contribution in [0.3, 0.4) is 0 Å². The van der Waals surface area contributed by atoms with Gasteiger partial charge in [-0.05, 0) is 36.2 Å². The van der Waals surface area contributed by atoms with Crippen LogP contribution in [0.4, 0.5) is 0 Å². The zero-order valence-corrected chi connectivity index (χ0v) is 14.0. The number of hydrogen-bond acceptors (Lipinski definition) is 5. The highest BCUT2D eigenvalue weighted by molar-refractivity contribution is 8.00. The Balaban J connectivity index is 2.43. The molecule has 2 rings (SSSR count). The van der Waals surface area contributed by atoms with Crippen molar-refractivity contribution in [2.45, 2.75) is 4.87 Å². The molecule has 6 heteroatoms. The van der Waals surface area contributed by atoms with E-state index in [2.05, 4.69) is 17.5 Å². The lowest BCUT2D eigenvalue weighted by atomic mass is 10.1. The van der Waals surface area contributed by atoms with Crippen LogP contribution in [0.25, 0.3) is 0 Å². The van der Waals surface area contributed by atoms with Crippen molar-refractivity contribution >= 4 is 41.4 Å². The van der Waals surface area contributed by atoms with Crippen molar-refractivity contribution in [3.63, 3.8) is 0 Å². The van der Waals surface area contributed by atoms with Crippen molar-refractivity contribution in [2.75, 3.05) is 6.26 Å². The van der Waals surface area contributed by atoms with Crippen LogP contribution in [0.2, 0.25) is 0 Å². The molecule has 4 nitrogen and oxygen atoms in total. The minimum absolute atomic E-state index is 0.370. The number of ether oxygens (including phenoxy) is 1. The normalized spacial score (nSPS) is 12.7. The van der Waals surface area contributed by atoms with Gasteiger partial charge in [0.15, 0.2) is 5.55 Å². The van der Waals surface area contributed by atoms with E-state index in [9.17, 15) is 9.59 Å². The summed E-state index contributed by atoms with van der Waals surface area (Å²) in [5.41, 5.74) is 1.96. The van der Waals surface area contributed by atoms with Crippen LogP contribution < -0.4 is 5.32 Å². The van der Waals surface area contributed by atoms with Crippen molar-refractivity contribution in [1.82, 2.24) is 5.32 Å². The van der Waals surface area contributed by atoms with E-state index >= 15 is 0 Å². The molecular weight excluding hydrogens is 330 g/mol. The van der Waals surface area contributed by atoms with E-state index in [4.69, 9.17) is 4.74 Å². The molecule has 0 heterocycles. The van der Waals surface area contributed by atoms with E-state index in [1.165, 1.54) is 11.8 Å². The van der Waals surface area contributed by atoms with Gasteiger partial charge < -0.3 is 10.1 Å². The number of esters is 1. The van der Waals surface area contributed by atoms with Crippen molar-refractivity contribution in [3.05, 3.63) is 71.8 Å². The van der Waals surface area contributed by atoms with Crippen LogP contribution in [0.5, 0.6) is 0 Å². The lowest BCUT2D eigenvalue weighted by Crippen LogP contribution is -2.50. The van der Waals surface area contributed by atoms with Gasteiger partial charge in [-0.25, -0.2) is 4.79 Å². The summed E-state index contributed by atoms with van der Waals surface area (Å²) in [5, 5.41) is 2.78. The number of hydrogen-bond donors (Lipinski definition) is 1. The molecule has 1 amide bonds. The number of nitrogens with one attached hydrogen (secondary N) is 1. The van der Waals surface area contributed by atoms with Crippen LogP contribution in [0.1, 0.15) is 15.9 Å². The Morgan fingerprint density at radius 2 is 1.65 bits per heavy atom. The maximum absolute atomic E-state index is 12.5. The summed E-state index contributed by atoms with van der Waals surface area (Å²) in [5.74, 6) is -1.01. The summed E-state index contributed by atoms with van der Waals surface area (Å²) in [6, 6.07) is 17.6. The van der Waals surface area contributed by atoms with E-state index < -0.39 is 10.8 Å².